The van der Waals surface area contributed by atoms with E-state index in [0.29, 0.717) is 6.42 Å². The van der Waals surface area contributed by atoms with Gasteiger partial charge in [0, 0.05) is 17.6 Å². The molecule has 0 aromatic rings. The van der Waals surface area contributed by atoms with Crippen molar-refractivity contribution in [3.63, 3.8) is 0 Å². The van der Waals surface area contributed by atoms with Gasteiger partial charge in [0.2, 0.25) is 0 Å². The van der Waals surface area contributed by atoms with Gasteiger partial charge in [-0.15, -0.1) is 0 Å². The quantitative estimate of drug-likeness (QED) is 0.532. The van der Waals surface area contributed by atoms with Gasteiger partial charge in [-0.1, -0.05) is 12.7 Å². The van der Waals surface area contributed by atoms with Gasteiger partial charge in [-0.2, -0.15) is 0 Å². The van der Waals surface area contributed by atoms with E-state index in [9.17, 15) is 9.59 Å². The first-order valence-corrected chi connectivity index (χ1v) is 4.02. The normalized spacial score (nSPS) is 12.6. The van der Waals surface area contributed by atoms with E-state index < -0.39 is 17.9 Å². The maximum Gasteiger partial charge on any atom is 0.331 e. The molecule has 14 heavy (non-hydrogen) atoms. The summed E-state index contributed by atoms with van der Waals surface area (Å²) in [7, 11) is 0. The third-order valence-electron chi connectivity index (χ3n) is 1.67. The van der Waals surface area contributed by atoms with E-state index in [4.69, 9.17) is 15.9 Å². The van der Waals surface area contributed by atoms with Crippen LogP contribution in [0.5, 0.6) is 0 Å². The van der Waals surface area contributed by atoms with Crippen molar-refractivity contribution in [3.05, 3.63) is 24.3 Å². The highest BCUT2D eigenvalue weighted by molar-refractivity contribution is 5.87. The minimum atomic E-state index is -1.14. The Labute approximate surface area is 81.5 Å². The van der Waals surface area contributed by atoms with Crippen LogP contribution in [0.2, 0.25) is 0 Å². The number of nitrogens with two attached hydrogens (primary N) is 1. The predicted octanol–water partition coefficient (Wildman–Crippen LogP) is 0.233. The highest BCUT2D eigenvalue weighted by Gasteiger charge is 2.14. The van der Waals surface area contributed by atoms with Crippen LogP contribution >= 0.6 is 0 Å². The van der Waals surface area contributed by atoms with Crippen molar-refractivity contribution in [2.24, 2.45) is 11.7 Å². The van der Waals surface area contributed by atoms with Crippen LogP contribution in [0.25, 0.3) is 0 Å². The Morgan fingerprint density at radius 1 is 1.43 bits per heavy atom. The fourth-order valence-electron chi connectivity index (χ4n) is 0.923. The molecule has 0 aliphatic rings. The van der Waals surface area contributed by atoms with Gasteiger partial charge in [0.05, 0.1) is 0 Å². The van der Waals surface area contributed by atoms with Gasteiger partial charge in [0.1, 0.15) is 0 Å². The van der Waals surface area contributed by atoms with Crippen LogP contribution in [0.15, 0.2) is 24.3 Å². The van der Waals surface area contributed by atoms with Gasteiger partial charge in [-0.05, 0) is 13.0 Å². The number of carbonyl (C=O) groups is 2. The van der Waals surface area contributed by atoms with Crippen LogP contribution in [-0.4, -0.2) is 28.7 Å². The van der Waals surface area contributed by atoms with Crippen molar-refractivity contribution < 1.29 is 19.8 Å². The fourth-order valence-corrected chi connectivity index (χ4v) is 0.923. The standard InChI is InChI=1S/C9H13NO4/c1-6(9(13)14)7(4-5-10)2-3-8(11)12/h2-3,7H,1,4-5,10H2,(H,11,12)(H,13,14). The van der Waals surface area contributed by atoms with Gasteiger partial charge in [-0.25, -0.2) is 9.59 Å². The third-order valence-corrected chi connectivity index (χ3v) is 1.67. The zero-order valence-electron chi connectivity index (χ0n) is 7.64. The minimum absolute atomic E-state index is 0.0482. The van der Waals surface area contributed by atoms with Crippen LogP contribution < -0.4 is 5.73 Å². The molecule has 0 aromatic heterocycles. The molecule has 0 saturated heterocycles. The van der Waals surface area contributed by atoms with E-state index in [0.717, 1.165) is 6.08 Å². The first kappa shape index (κ1) is 12.4. The van der Waals surface area contributed by atoms with E-state index in [1.165, 1.54) is 6.08 Å². The van der Waals surface area contributed by atoms with E-state index in [1.54, 1.807) is 0 Å². The smallest absolute Gasteiger partial charge is 0.331 e. The fraction of sp³-hybridized carbons (Fsp3) is 0.333. The number of aliphatic carboxylic acids is 2. The van der Waals surface area contributed by atoms with Crippen LogP contribution in [0.3, 0.4) is 0 Å². The Bertz CT molecular complexity index is 270. The van der Waals surface area contributed by atoms with E-state index >= 15 is 0 Å². The molecule has 1 unspecified atom stereocenters. The monoisotopic (exact) mass is 199 g/mol. The first-order chi connectivity index (χ1) is 6.49. The maximum atomic E-state index is 10.5. The molecule has 0 radical (unpaired) electrons. The molecule has 0 saturated carbocycles. The lowest BCUT2D eigenvalue weighted by molar-refractivity contribution is -0.133. The van der Waals surface area contributed by atoms with Crippen LogP contribution in [0, 0.1) is 5.92 Å². The molecule has 0 spiro atoms. The van der Waals surface area contributed by atoms with Gasteiger partial charge < -0.3 is 15.9 Å². The van der Waals surface area contributed by atoms with Gasteiger partial charge in [0.25, 0.3) is 0 Å². The third kappa shape index (κ3) is 4.42. The van der Waals surface area contributed by atoms with Crippen molar-refractivity contribution in [1.82, 2.24) is 0 Å². The molecular weight excluding hydrogens is 186 g/mol. The topological polar surface area (TPSA) is 101 Å². The molecule has 0 aliphatic carbocycles. The molecule has 5 heteroatoms. The molecule has 0 heterocycles. The largest absolute Gasteiger partial charge is 0.478 e. The Morgan fingerprint density at radius 3 is 2.36 bits per heavy atom. The van der Waals surface area contributed by atoms with E-state index in [1.807, 2.05) is 0 Å². The summed E-state index contributed by atoms with van der Waals surface area (Å²) in [4.78, 5) is 20.7. The molecule has 78 valence electrons. The molecule has 5 nitrogen and oxygen atoms in total. The average molecular weight is 199 g/mol. The van der Waals surface area contributed by atoms with Crippen LogP contribution in [0.4, 0.5) is 0 Å². The molecular formula is C9H13NO4. The Hall–Kier alpha value is -1.62. The number of carboxylic acid groups (broad SMARTS) is 2. The summed E-state index contributed by atoms with van der Waals surface area (Å²) < 4.78 is 0. The van der Waals surface area contributed by atoms with Crippen molar-refractivity contribution >= 4 is 11.9 Å². The zero-order chi connectivity index (χ0) is 11.1. The van der Waals surface area contributed by atoms with Crippen LogP contribution in [0.1, 0.15) is 6.42 Å². The predicted molar refractivity (Wildman–Crippen MR) is 50.7 cm³/mol. The molecule has 0 rings (SSSR count). The second-order valence-electron chi connectivity index (χ2n) is 2.71. The molecule has 0 aliphatic heterocycles. The second-order valence-corrected chi connectivity index (χ2v) is 2.71. The molecule has 0 aromatic carbocycles. The van der Waals surface area contributed by atoms with Crippen molar-refractivity contribution in [2.45, 2.75) is 6.42 Å². The summed E-state index contributed by atoms with van der Waals surface area (Å²) in [5.41, 5.74) is 5.21. The lowest BCUT2D eigenvalue weighted by Crippen LogP contribution is -2.14. The summed E-state index contributed by atoms with van der Waals surface area (Å²) in [6, 6.07) is 0. The van der Waals surface area contributed by atoms with Crippen molar-refractivity contribution in [3.8, 4) is 0 Å². The van der Waals surface area contributed by atoms with Gasteiger partial charge >= 0.3 is 11.9 Å². The first-order valence-electron chi connectivity index (χ1n) is 4.02. The van der Waals surface area contributed by atoms with Crippen molar-refractivity contribution in [1.29, 1.82) is 0 Å². The molecule has 1 atom stereocenters. The summed E-state index contributed by atoms with van der Waals surface area (Å²) in [6.45, 7) is 3.63. The highest BCUT2D eigenvalue weighted by atomic mass is 16.4. The summed E-state index contributed by atoms with van der Waals surface area (Å²) >= 11 is 0. The SMILES string of the molecule is C=C(C(=O)O)C(C=CC(=O)O)CCN. The molecule has 0 fully saturated rings. The zero-order valence-corrected chi connectivity index (χ0v) is 7.64. The van der Waals surface area contributed by atoms with Gasteiger partial charge in [0.15, 0.2) is 0 Å². The number of rotatable bonds is 6. The Kier molecular flexibility index (Phi) is 5.24. The van der Waals surface area contributed by atoms with E-state index in [2.05, 4.69) is 6.58 Å². The van der Waals surface area contributed by atoms with Gasteiger partial charge in [-0.3, -0.25) is 0 Å². The lowest BCUT2D eigenvalue weighted by Gasteiger charge is -2.10. The van der Waals surface area contributed by atoms with Crippen molar-refractivity contribution in [2.75, 3.05) is 6.54 Å². The van der Waals surface area contributed by atoms with E-state index in [-0.39, 0.29) is 12.1 Å². The second kappa shape index (κ2) is 5.93. The maximum absolute atomic E-state index is 10.5. The molecule has 0 amide bonds. The number of carboxylic acids is 2. The Morgan fingerprint density at radius 2 is 2.00 bits per heavy atom. The Balaban J connectivity index is 4.51. The lowest BCUT2D eigenvalue weighted by atomic mass is 9.96. The number of hydrogen-bond acceptors (Lipinski definition) is 3. The minimum Gasteiger partial charge on any atom is -0.478 e. The summed E-state index contributed by atoms with van der Waals surface area (Å²) in [5, 5.41) is 17.0. The molecule has 4 N–H and O–H groups in total. The highest BCUT2D eigenvalue weighted by Crippen LogP contribution is 2.14. The number of hydrogen-bond donors (Lipinski definition) is 3. The average Bonchev–Trinajstić information content (AvgIpc) is 2.10. The van der Waals surface area contributed by atoms with Crippen LogP contribution in [-0.2, 0) is 9.59 Å². The summed E-state index contributed by atoms with van der Waals surface area (Å²) in [6.07, 6.45) is 2.55. The molecule has 0 bridgehead atoms. The number of allylic oxidation sites excluding steroid dienone is 1. The summed E-state index contributed by atoms with van der Waals surface area (Å²) in [5.74, 6) is -2.78.